The van der Waals surface area contributed by atoms with E-state index in [-0.39, 0.29) is 11.9 Å². The number of hydrogen-bond acceptors (Lipinski definition) is 5. The van der Waals surface area contributed by atoms with E-state index in [2.05, 4.69) is 16.2 Å². The minimum absolute atomic E-state index is 0.0421. The van der Waals surface area contributed by atoms with Crippen molar-refractivity contribution < 1.29 is 9.32 Å². The fraction of sp³-hybridized carbons (Fsp3) is 0.389. The van der Waals surface area contributed by atoms with Gasteiger partial charge in [-0.1, -0.05) is 17.3 Å². The molecular formula is C18H21N3O2S. The molecule has 2 heterocycles. The lowest BCUT2D eigenvalue weighted by Gasteiger charge is -2.23. The smallest absolute Gasteiger partial charge is 0.223 e. The van der Waals surface area contributed by atoms with E-state index in [1.807, 2.05) is 46.0 Å². The third kappa shape index (κ3) is 3.19. The highest BCUT2D eigenvalue weighted by molar-refractivity contribution is 7.18. The molecule has 6 heteroatoms. The number of nitrogens with zero attached hydrogens (tertiary/aromatic N) is 3. The van der Waals surface area contributed by atoms with Gasteiger partial charge in [0.05, 0.1) is 22.0 Å². The number of carbonyl (C=O) groups is 1. The largest absolute Gasteiger partial charge is 0.361 e. The lowest BCUT2D eigenvalue weighted by molar-refractivity contribution is -0.131. The summed E-state index contributed by atoms with van der Waals surface area (Å²) in [5, 5.41) is 4.90. The molecule has 1 atom stereocenters. The van der Waals surface area contributed by atoms with Crippen LogP contribution in [-0.4, -0.2) is 28.0 Å². The zero-order valence-corrected chi connectivity index (χ0v) is 15.2. The number of carbonyl (C=O) groups excluding carboxylic acids is 1. The monoisotopic (exact) mass is 343 g/mol. The third-order valence-electron chi connectivity index (χ3n) is 4.41. The molecule has 0 aliphatic heterocycles. The van der Waals surface area contributed by atoms with Gasteiger partial charge in [0.15, 0.2) is 0 Å². The van der Waals surface area contributed by atoms with E-state index in [9.17, 15) is 4.79 Å². The first-order chi connectivity index (χ1) is 11.5. The molecule has 0 aliphatic rings. The van der Waals surface area contributed by atoms with Crippen molar-refractivity contribution in [1.82, 2.24) is 15.0 Å². The van der Waals surface area contributed by atoms with Crippen LogP contribution in [0.3, 0.4) is 0 Å². The van der Waals surface area contributed by atoms with Crippen molar-refractivity contribution in [2.75, 3.05) is 7.05 Å². The summed E-state index contributed by atoms with van der Waals surface area (Å²) in [4.78, 5) is 19.0. The van der Waals surface area contributed by atoms with Gasteiger partial charge in [0.25, 0.3) is 0 Å². The summed E-state index contributed by atoms with van der Waals surface area (Å²) in [5.74, 6) is 0.893. The van der Waals surface area contributed by atoms with Gasteiger partial charge < -0.3 is 9.42 Å². The molecule has 0 spiro atoms. The topological polar surface area (TPSA) is 59.2 Å². The van der Waals surface area contributed by atoms with E-state index < -0.39 is 0 Å². The lowest BCUT2D eigenvalue weighted by atomic mass is 10.1. The van der Waals surface area contributed by atoms with Crippen molar-refractivity contribution in [3.8, 4) is 0 Å². The van der Waals surface area contributed by atoms with Crippen LogP contribution in [0.2, 0.25) is 0 Å². The molecule has 5 nitrogen and oxygen atoms in total. The first-order valence-electron chi connectivity index (χ1n) is 8.00. The maximum Gasteiger partial charge on any atom is 0.223 e. The van der Waals surface area contributed by atoms with Crippen molar-refractivity contribution in [2.45, 2.75) is 39.7 Å². The van der Waals surface area contributed by atoms with Gasteiger partial charge in [-0.25, -0.2) is 4.98 Å². The second-order valence-corrected chi connectivity index (χ2v) is 7.07. The molecule has 0 N–H and O–H groups in total. The zero-order valence-electron chi connectivity index (χ0n) is 14.4. The first kappa shape index (κ1) is 16.6. The molecule has 3 aromatic rings. The number of aromatic nitrogens is 2. The van der Waals surface area contributed by atoms with E-state index in [1.165, 1.54) is 0 Å². The van der Waals surface area contributed by atoms with Crippen LogP contribution in [0.15, 0.2) is 28.8 Å². The number of fused-ring (bicyclic) bond motifs is 1. The number of benzene rings is 1. The Hall–Kier alpha value is -2.21. The van der Waals surface area contributed by atoms with Gasteiger partial charge in [-0.15, -0.1) is 11.3 Å². The van der Waals surface area contributed by atoms with Gasteiger partial charge >= 0.3 is 0 Å². The van der Waals surface area contributed by atoms with Crippen LogP contribution in [-0.2, 0) is 11.2 Å². The Morgan fingerprint density at radius 1 is 1.33 bits per heavy atom. The van der Waals surface area contributed by atoms with Crippen molar-refractivity contribution in [1.29, 1.82) is 0 Å². The normalized spacial score (nSPS) is 12.5. The van der Waals surface area contributed by atoms with Gasteiger partial charge in [0.2, 0.25) is 5.91 Å². The Labute approximate surface area is 145 Å². The van der Waals surface area contributed by atoms with Crippen LogP contribution in [0.25, 0.3) is 10.2 Å². The fourth-order valence-electron chi connectivity index (χ4n) is 2.72. The number of rotatable bonds is 5. The quantitative estimate of drug-likeness (QED) is 0.701. The highest BCUT2D eigenvalue weighted by atomic mass is 32.1. The van der Waals surface area contributed by atoms with Crippen molar-refractivity contribution in [3.05, 3.63) is 46.3 Å². The second kappa shape index (κ2) is 6.73. The summed E-state index contributed by atoms with van der Waals surface area (Å²) >= 11 is 1.64. The molecular weight excluding hydrogens is 322 g/mol. The fourth-order valence-corrected chi connectivity index (χ4v) is 3.78. The van der Waals surface area contributed by atoms with Gasteiger partial charge in [0, 0.05) is 19.0 Å². The zero-order chi connectivity index (χ0) is 17.3. The second-order valence-electron chi connectivity index (χ2n) is 6.00. The van der Waals surface area contributed by atoms with E-state index in [4.69, 9.17) is 4.52 Å². The molecule has 0 bridgehead atoms. The van der Waals surface area contributed by atoms with Crippen molar-refractivity contribution >= 4 is 27.5 Å². The van der Waals surface area contributed by atoms with Crippen molar-refractivity contribution in [3.63, 3.8) is 0 Å². The summed E-state index contributed by atoms with van der Waals surface area (Å²) in [6.45, 7) is 5.81. The minimum atomic E-state index is -0.0421. The maximum absolute atomic E-state index is 12.5. The molecule has 1 amide bonds. The molecule has 0 saturated heterocycles. The van der Waals surface area contributed by atoms with Crippen LogP contribution in [0.5, 0.6) is 0 Å². The van der Waals surface area contributed by atoms with Crippen LogP contribution < -0.4 is 0 Å². The van der Waals surface area contributed by atoms with Crippen molar-refractivity contribution in [2.24, 2.45) is 0 Å². The molecule has 0 radical (unpaired) electrons. The molecule has 24 heavy (non-hydrogen) atoms. The third-order valence-corrected chi connectivity index (χ3v) is 5.62. The summed E-state index contributed by atoms with van der Waals surface area (Å²) in [7, 11) is 1.84. The molecule has 2 aromatic heterocycles. The highest BCUT2D eigenvalue weighted by Gasteiger charge is 2.21. The van der Waals surface area contributed by atoms with Crippen LogP contribution in [0, 0.1) is 13.8 Å². The molecule has 0 saturated carbocycles. The van der Waals surface area contributed by atoms with E-state index in [0.29, 0.717) is 12.8 Å². The maximum atomic E-state index is 12.5. The Kier molecular flexibility index (Phi) is 4.66. The number of amides is 1. The average Bonchev–Trinajstić information content (AvgIpc) is 3.15. The predicted molar refractivity (Wildman–Crippen MR) is 95.1 cm³/mol. The predicted octanol–water partition coefficient (Wildman–Crippen LogP) is 4.05. The van der Waals surface area contributed by atoms with Gasteiger partial charge in [-0.05, 0) is 39.3 Å². The van der Waals surface area contributed by atoms with Gasteiger partial charge in [0.1, 0.15) is 10.8 Å². The summed E-state index contributed by atoms with van der Waals surface area (Å²) in [5.41, 5.74) is 2.88. The molecule has 126 valence electrons. The number of aryl methyl sites for hydroxylation is 2. The standard InChI is InChI=1S/C18H21N3O2S/c1-11-14(13(3)23-20-11)9-10-17(22)21(4)12(2)18-19-15-7-5-6-8-16(15)24-18/h5-8,12H,9-10H2,1-4H3/t12-/m0/s1. The van der Waals surface area contributed by atoms with Crippen LogP contribution >= 0.6 is 11.3 Å². The number of para-hydroxylation sites is 1. The highest BCUT2D eigenvalue weighted by Crippen LogP contribution is 2.29. The van der Waals surface area contributed by atoms with Gasteiger partial charge in [-0.2, -0.15) is 0 Å². The van der Waals surface area contributed by atoms with Gasteiger partial charge in [-0.3, -0.25) is 4.79 Å². The Morgan fingerprint density at radius 3 is 2.75 bits per heavy atom. The number of hydrogen-bond donors (Lipinski definition) is 0. The van der Waals surface area contributed by atoms with E-state index in [0.717, 1.165) is 32.2 Å². The summed E-state index contributed by atoms with van der Waals surface area (Å²) in [6, 6.07) is 8.01. The molecule has 3 rings (SSSR count). The molecule has 0 aliphatic carbocycles. The molecule has 0 unspecified atom stereocenters. The van der Waals surface area contributed by atoms with Crippen LogP contribution in [0.4, 0.5) is 0 Å². The lowest BCUT2D eigenvalue weighted by Crippen LogP contribution is -2.29. The SMILES string of the molecule is Cc1noc(C)c1CCC(=O)N(C)[C@@H](C)c1nc2ccccc2s1. The Bertz CT molecular complexity index is 816. The summed E-state index contributed by atoms with van der Waals surface area (Å²) < 4.78 is 6.30. The number of thiazole rings is 1. The van der Waals surface area contributed by atoms with E-state index >= 15 is 0 Å². The minimum Gasteiger partial charge on any atom is -0.361 e. The van der Waals surface area contributed by atoms with E-state index in [1.54, 1.807) is 16.2 Å². The molecule has 1 aromatic carbocycles. The molecule has 0 fully saturated rings. The average molecular weight is 343 g/mol. The Morgan fingerprint density at radius 2 is 2.08 bits per heavy atom. The Balaban J connectivity index is 1.68. The van der Waals surface area contributed by atoms with Crippen LogP contribution in [0.1, 0.15) is 41.4 Å². The first-order valence-corrected chi connectivity index (χ1v) is 8.82. The summed E-state index contributed by atoms with van der Waals surface area (Å²) in [6.07, 6.45) is 1.09.